The van der Waals surface area contributed by atoms with Gasteiger partial charge in [0.1, 0.15) is 5.82 Å². The molecule has 0 radical (unpaired) electrons. The minimum atomic E-state index is -3.57. The van der Waals surface area contributed by atoms with Crippen LogP contribution in [-0.4, -0.2) is 47.3 Å². The number of nitrogens with one attached hydrogen (secondary N) is 1. The Bertz CT molecular complexity index is 641. The molecule has 7 nitrogen and oxygen atoms in total. The highest BCUT2D eigenvalue weighted by Gasteiger charge is 2.33. The molecule has 0 aliphatic carbocycles. The van der Waals surface area contributed by atoms with Crippen LogP contribution in [0, 0.1) is 12.8 Å². The summed E-state index contributed by atoms with van der Waals surface area (Å²) >= 11 is 0. The Labute approximate surface area is 138 Å². The van der Waals surface area contributed by atoms with Gasteiger partial charge in [0.25, 0.3) is 10.0 Å². The van der Waals surface area contributed by atoms with Crippen LogP contribution in [0.15, 0.2) is 11.2 Å². The van der Waals surface area contributed by atoms with Gasteiger partial charge in [-0.15, -0.1) is 0 Å². The molecular weight excluding hydrogens is 316 g/mol. The van der Waals surface area contributed by atoms with Crippen molar-refractivity contribution in [1.29, 1.82) is 0 Å². The number of imidazole rings is 1. The SMILES string of the molecule is CC[C@@H](C)NC(=O)C1CCN(S(=O)(=O)c2cn(C)c(C)n2)CC1. The molecule has 130 valence electrons. The highest BCUT2D eigenvalue weighted by Crippen LogP contribution is 2.23. The van der Waals surface area contributed by atoms with Crippen LogP contribution >= 0.6 is 0 Å². The summed E-state index contributed by atoms with van der Waals surface area (Å²) in [5.74, 6) is 0.581. The van der Waals surface area contributed by atoms with E-state index in [-0.39, 0.29) is 22.9 Å². The molecule has 1 aliphatic rings. The number of sulfonamides is 1. The molecule has 1 N–H and O–H groups in total. The number of hydrogen-bond acceptors (Lipinski definition) is 4. The molecule has 23 heavy (non-hydrogen) atoms. The largest absolute Gasteiger partial charge is 0.353 e. The van der Waals surface area contributed by atoms with E-state index in [1.807, 2.05) is 13.8 Å². The van der Waals surface area contributed by atoms with Gasteiger partial charge in [0, 0.05) is 38.3 Å². The number of piperidine rings is 1. The maximum atomic E-state index is 12.6. The van der Waals surface area contributed by atoms with E-state index in [1.165, 1.54) is 10.5 Å². The topological polar surface area (TPSA) is 84.3 Å². The molecule has 0 saturated carbocycles. The van der Waals surface area contributed by atoms with E-state index in [4.69, 9.17) is 0 Å². The molecule has 2 heterocycles. The number of carbonyl (C=O) groups excluding carboxylic acids is 1. The monoisotopic (exact) mass is 342 g/mol. The first-order chi connectivity index (χ1) is 10.8. The van der Waals surface area contributed by atoms with Crippen molar-refractivity contribution in [2.24, 2.45) is 13.0 Å². The van der Waals surface area contributed by atoms with Crippen LogP contribution in [-0.2, 0) is 21.9 Å². The molecule has 0 aromatic carbocycles. The molecule has 1 fully saturated rings. The number of rotatable bonds is 5. The third-order valence-corrected chi connectivity index (χ3v) is 6.29. The Morgan fingerprint density at radius 1 is 1.43 bits per heavy atom. The Hall–Kier alpha value is -1.41. The predicted octanol–water partition coefficient (Wildman–Crippen LogP) is 1.04. The lowest BCUT2D eigenvalue weighted by Crippen LogP contribution is -2.44. The summed E-state index contributed by atoms with van der Waals surface area (Å²) in [5.41, 5.74) is 0. The second-order valence-corrected chi connectivity index (χ2v) is 8.12. The van der Waals surface area contributed by atoms with Gasteiger partial charge in [-0.3, -0.25) is 4.79 Å². The van der Waals surface area contributed by atoms with E-state index in [1.54, 1.807) is 18.5 Å². The Kier molecular flexibility index (Phi) is 5.46. The number of nitrogens with zero attached hydrogens (tertiary/aromatic N) is 3. The van der Waals surface area contributed by atoms with Crippen molar-refractivity contribution in [3.05, 3.63) is 12.0 Å². The summed E-state index contributed by atoms with van der Waals surface area (Å²) in [6, 6.07) is 0.153. The zero-order valence-electron chi connectivity index (χ0n) is 14.2. The number of carbonyl (C=O) groups is 1. The number of aryl methyl sites for hydroxylation is 2. The molecule has 0 bridgehead atoms. The fourth-order valence-electron chi connectivity index (χ4n) is 2.60. The van der Waals surface area contributed by atoms with Gasteiger partial charge >= 0.3 is 0 Å². The van der Waals surface area contributed by atoms with Crippen LogP contribution in [0.1, 0.15) is 38.9 Å². The van der Waals surface area contributed by atoms with Gasteiger partial charge in [0.05, 0.1) is 0 Å². The lowest BCUT2D eigenvalue weighted by molar-refractivity contribution is -0.126. The van der Waals surface area contributed by atoms with Crippen molar-refractivity contribution < 1.29 is 13.2 Å². The number of aromatic nitrogens is 2. The van der Waals surface area contributed by atoms with E-state index < -0.39 is 10.0 Å². The maximum absolute atomic E-state index is 12.6. The van der Waals surface area contributed by atoms with Crippen LogP contribution in [0.25, 0.3) is 0 Å². The second-order valence-electron chi connectivity index (χ2n) is 6.23. The van der Waals surface area contributed by atoms with Crippen LogP contribution in [0.3, 0.4) is 0 Å². The van der Waals surface area contributed by atoms with Crippen molar-refractivity contribution in [2.45, 2.75) is 51.1 Å². The van der Waals surface area contributed by atoms with Crippen molar-refractivity contribution in [3.8, 4) is 0 Å². The smallest absolute Gasteiger partial charge is 0.262 e. The van der Waals surface area contributed by atoms with Crippen molar-refractivity contribution in [3.63, 3.8) is 0 Å². The molecule has 1 aromatic heterocycles. The van der Waals surface area contributed by atoms with Crippen LogP contribution in [0.4, 0.5) is 0 Å². The minimum Gasteiger partial charge on any atom is -0.353 e. The van der Waals surface area contributed by atoms with Gasteiger partial charge in [-0.2, -0.15) is 4.31 Å². The molecule has 1 saturated heterocycles. The second kappa shape index (κ2) is 7.00. The highest BCUT2D eigenvalue weighted by molar-refractivity contribution is 7.89. The fraction of sp³-hybridized carbons (Fsp3) is 0.733. The van der Waals surface area contributed by atoms with Crippen molar-refractivity contribution in [2.75, 3.05) is 13.1 Å². The van der Waals surface area contributed by atoms with Crippen LogP contribution in [0.5, 0.6) is 0 Å². The van der Waals surface area contributed by atoms with Crippen LogP contribution < -0.4 is 5.32 Å². The summed E-state index contributed by atoms with van der Waals surface area (Å²) in [5, 5.41) is 3.06. The predicted molar refractivity (Wildman–Crippen MR) is 87.3 cm³/mol. The van der Waals surface area contributed by atoms with E-state index >= 15 is 0 Å². The number of hydrogen-bond donors (Lipinski definition) is 1. The summed E-state index contributed by atoms with van der Waals surface area (Å²) in [4.78, 5) is 16.3. The van der Waals surface area contributed by atoms with Crippen LogP contribution in [0.2, 0.25) is 0 Å². The standard InChI is InChI=1S/C15H26N4O3S/c1-5-11(2)16-15(20)13-6-8-19(9-7-13)23(21,22)14-10-18(4)12(3)17-14/h10-11,13H,5-9H2,1-4H3,(H,16,20)/t11-/m1/s1. The maximum Gasteiger partial charge on any atom is 0.262 e. The zero-order chi connectivity index (χ0) is 17.2. The molecule has 1 amide bonds. The molecule has 1 aliphatic heterocycles. The van der Waals surface area contributed by atoms with Crippen molar-refractivity contribution in [1.82, 2.24) is 19.2 Å². The average molecular weight is 342 g/mol. The first kappa shape index (κ1) is 17.9. The lowest BCUT2D eigenvalue weighted by Gasteiger charge is -2.30. The Balaban J connectivity index is 1.99. The Morgan fingerprint density at radius 2 is 2.04 bits per heavy atom. The highest BCUT2D eigenvalue weighted by atomic mass is 32.2. The summed E-state index contributed by atoms with van der Waals surface area (Å²) < 4.78 is 28.3. The number of amides is 1. The summed E-state index contributed by atoms with van der Waals surface area (Å²) in [6.07, 6.45) is 3.52. The molecule has 8 heteroatoms. The van der Waals surface area contributed by atoms with E-state index in [2.05, 4.69) is 10.3 Å². The first-order valence-corrected chi connectivity index (χ1v) is 9.50. The van der Waals surface area contributed by atoms with Gasteiger partial charge in [0.2, 0.25) is 5.91 Å². The van der Waals surface area contributed by atoms with Crippen molar-refractivity contribution >= 4 is 15.9 Å². The summed E-state index contributed by atoms with van der Waals surface area (Å²) in [7, 11) is -1.80. The average Bonchev–Trinajstić information content (AvgIpc) is 2.87. The van der Waals surface area contributed by atoms with Gasteiger partial charge < -0.3 is 9.88 Å². The third-order valence-electron chi connectivity index (χ3n) is 4.52. The molecule has 0 spiro atoms. The molecular formula is C15H26N4O3S. The van der Waals surface area contributed by atoms with E-state index in [0.717, 1.165) is 6.42 Å². The molecule has 1 aromatic rings. The molecule has 2 rings (SSSR count). The first-order valence-electron chi connectivity index (χ1n) is 8.06. The quantitative estimate of drug-likeness (QED) is 0.867. The normalized spacial score (nSPS) is 18.8. The van der Waals surface area contributed by atoms with Gasteiger partial charge in [0.15, 0.2) is 5.03 Å². The summed E-state index contributed by atoms with van der Waals surface area (Å²) in [6.45, 7) is 6.48. The fourth-order valence-corrected chi connectivity index (χ4v) is 4.10. The van der Waals surface area contributed by atoms with E-state index in [0.29, 0.717) is 31.8 Å². The van der Waals surface area contributed by atoms with Gasteiger partial charge in [-0.05, 0) is 33.1 Å². The minimum absolute atomic E-state index is 0.0325. The Morgan fingerprint density at radius 3 is 2.52 bits per heavy atom. The molecule has 0 unspecified atom stereocenters. The molecule has 1 atom stereocenters. The third kappa shape index (κ3) is 3.92. The lowest BCUT2D eigenvalue weighted by atomic mass is 9.97. The van der Waals surface area contributed by atoms with E-state index in [9.17, 15) is 13.2 Å². The van der Waals surface area contributed by atoms with Gasteiger partial charge in [-0.1, -0.05) is 6.92 Å². The van der Waals surface area contributed by atoms with Gasteiger partial charge in [-0.25, -0.2) is 13.4 Å². The zero-order valence-corrected chi connectivity index (χ0v) is 15.1.